The molecule has 6 heteroatoms. The minimum absolute atomic E-state index is 0.00607. The summed E-state index contributed by atoms with van der Waals surface area (Å²) < 4.78 is 0. The summed E-state index contributed by atoms with van der Waals surface area (Å²) in [5.41, 5.74) is 0. The summed E-state index contributed by atoms with van der Waals surface area (Å²) in [6, 6.07) is -0.447. The zero-order valence-corrected chi connectivity index (χ0v) is 11.1. The van der Waals surface area contributed by atoms with Gasteiger partial charge in [0.2, 0.25) is 5.91 Å². The molecular weight excluding hydrogens is 234 g/mol. The number of urea groups is 1. The lowest BCUT2D eigenvalue weighted by Gasteiger charge is -2.31. The predicted molar refractivity (Wildman–Crippen MR) is 68.1 cm³/mol. The van der Waals surface area contributed by atoms with Crippen molar-refractivity contribution in [3.63, 3.8) is 0 Å². The van der Waals surface area contributed by atoms with E-state index >= 15 is 0 Å². The first kappa shape index (κ1) is 14.9. The van der Waals surface area contributed by atoms with E-state index in [2.05, 4.69) is 10.6 Å². The van der Waals surface area contributed by atoms with Gasteiger partial charge in [0.1, 0.15) is 0 Å². The summed E-state index contributed by atoms with van der Waals surface area (Å²) in [6.07, 6.45) is 1.99. The average Bonchev–Trinajstić information content (AvgIpc) is 2.27. The molecule has 0 bridgehead atoms. The number of amides is 3. The number of rotatable bonds is 4. The number of aliphatic hydroxyl groups excluding tert-OH is 1. The predicted octanol–water partition coefficient (Wildman–Crippen LogP) is -0.0751. The Labute approximate surface area is 108 Å². The molecule has 1 fully saturated rings. The molecule has 0 aromatic rings. The third-order valence-corrected chi connectivity index (χ3v) is 2.90. The molecule has 1 unspecified atom stereocenters. The van der Waals surface area contributed by atoms with E-state index in [4.69, 9.17) is 5.11 Å². The van der Waals surface area contributed by atoms with E-state index in [0.29, 0.717) is 0 Å². The van der Waals surface area contributed by atoms with Crippen LogP contribution in [0.25, 0.3) is 0 Å². The highest BCUT2D eigenvalue weighted by Gasteiger charge is 2.21. The van der Waals surface area contributed by atoms with Gasteiger partial charge in [-0.25, -0.2) is 4.79 Å². The Morgan fingerprint density at radius 1 is 1.44 bits per heavy atom. The van der Waals surface area contributed by atoms with Crippen molar-refractivity contribution in [2.75, 3.05) is 26.2 Å². The Hall–Kier alpha value is -1.14. The van der Waals surface area contributed by atoms with Gasteiger partial charge in [0, 0.05) is 19.2 Å². The topological polar surface area (TPSA) is 81.7 Å². The van der Waals surface area contributed by atoms with Crippen molar-refractivity contribution in [2.24, 2.45) is 5.92 Å². The van der Waals surface area contributed by atoms with Crippen molar-refractivity contribution >= 4 is 11.9 Å². The molecular formula is C12H23N3O3. The summed E-state index contributed by atoms with van der Waals surface area (Å²) in [5, 5.41) is 14.0. The molecule has 1 atom stereocenters. The lowest BCUT2D eigenvalue weighted by atomic mass is 9.99. The maximum atomic E-state index is 11.6. The zero-order chi connectivity index (χ0) is 13.5. The van der Waals surface area contributed by atoms with Gasteiger partial charge in [-0.15, -0.1) is 0 Å². The number of piperidine rings is 1. The Morgan fingerprint density at radius 2 is 2.17 bits per heavy atom. The fraction of sp³-hybridized carbons (Fsp3) is 0.833. The number of carbonyl (C=O) groups excluding carboxylic acids is 2. The summed E-state index contributed by atoms with van der Waals surface area (Å²) in [6.45, 7) is 5.60. The first-order chi connectivity index (χ1) is 8.51. The van der Waals surface area contributed by atoms with Gasteiger partial charge in [0.15, 0.2) is 0 Å². The molecule has 1 aliphatic rings. The monoisotopic (exact) mass is 257 g/mol. The quantitative estimate of drug-likeness (QED) is 0.658. The molecule has 1 rings (SSSR count). The standard InChI is InChI=1S/C12H23N3O3/c1-9(2)13-12(18)14-11(17)7-15-5-3-4-10(6-15)8-16/h9-10,16H,3-8H2,1-2H3,(H2,13,14,17,18). The van der Waals surface area contributed by atoms with E-state index in [0.717, 1.165) is 25.9 Å². The second-order valence-electron chi connectivity index (χ2n) is 5.10. The van der Waals surface area contributed by atoms with Crippen LogP contribution in [0.4, 0.5) is 4.79 Å². The normalized spacial score (nSPS) is 20.8. The number of nitrogens with zero attached hydrogens (tertiary/aromatic N) is 1. The fourth-order valence-electron chi connectivity index (χ4n) is 2.11. The lowest BCUT2D eigenvalue weighted by Crippen LogP contribution is -2.48. The van der Waals surface area contributed by atoms with E-state index in [1.165, 1.54) is 0 Å². The molecule has 0 spiro atoms. The molecule has 1 saturated heterocycles. The molecule has 6 nitrogen and oxygen atoms in total. The van der Waals surface area contributed by atoms with Gasteiger partial charge in [0.05, 0.1) is 6.54 Å². The summed E-state index contributed by atoms with van der Waals surface area (Å²) in [5.74, 6) is -0.0530. The minimum Gasteiger partial charge on any atom is -0.396 e. The molecule has 0 aromatic carbocycles. The van der Waals surface area contributed by atoms with Crippen molar-refractivity contribution in [2.45, 2.75) is 32.7 Å². The minimum atomic E-state index is -0.453. The summed E-state index contributed by atoms with van der Waals surface area (Å²) >= 11 is 0. The van der Waals surface area contributed by atoms with Crippen LogP contribution >= 0.6 is 0 Å². The molecule has 3 N–H and O–H groups in total. The van der Waals surface area contributed by atoms with Crippen molar-refractivity contribution < 1.29 is 14.7 Å². The van der Waals surface area contributed by atoms with E-state index < -0.39 is 6.03 Å². The van der Waals surface area contributed by atoms with Crippen LogP contribution in [0.3, 0.4) is 0 Å². The average molecular weight is 257 g/mol. The van der Waals surface area contributed by atoms with Gasteiger partial charge < -0.3 is 10.4 Å². The van der Waals surface area contributed by atoms with Gasteiger partial charge in [-0.1, -0.05) is 0 Å². The van der Waals surface area contributed by atoms with Crippen LogP contribution in [-0.2, 0) is 4.79 Å². The maximum absolute atomic E-state index is 11.6. The molecule has 1 aliphatic heterocycles. The molecule has 18 heavy (non-hydrogen) atoms. The lowest BCUT2D eigenvalue weighted by molar-refractivity contribution is -0.121. The van der Waals surface area contributed by atoms with Crippen LogP contribution in [0.5, 0.6) is 0 Å². The molecule has 104 valence electrons. The smallest absolute Gasteiger partial charge is 0.321 e. The van der Waals surface area contributed by atoms with E-state index in [1.54, 1.807) is 0 Å². The second kappa shape index (κ2) is 7.33. The van der Waals surface area contributed by atoms with Crippen LogP contribution in [0.2, 0.25) is 0 Å². The number of carbonyl (C=O) groups is 2. The summed E-state index contributed by atoms with van der Waals surface area (Å²) in [7, 11) is 0. The molecule has 0 aromatic heterocycles. The first-order valence-electron chi connectivity index (χ1n) is 6.44. The third-order valence-electron chi connectivity index (χ3n) is 2.90. The maximum Gasteiger partial charge on any atom is 0.321 e. The van der Waals surface area contributed by atoms with Crippen LogP contribution in [0.15, 0.2) is 0 Å². The number of nitrogens with one attached hydrogen (secondary N) is 2. The largest absolute Gasteiger partial charge is 0.396 e. The molecule has 0 radical (unpaired) electrons. The van der Waals surface area contributed by atoms with E-state index in [9.17, 15) is 9.59 Å². The summed E-state index contributed by atoms with van der Waals surface area (Å²) in [4.78, 5) is 24.9. The Kier molecular flexibility index (Phi) is 6.07. The van der Waals surface area contributed by atoms with Crippen molar-refractivity contribution in [3.05, 3.63) is 0 Å². The Bertz CT molecular complexity index is 294. The van der Waals surface area contributed by atoms with Crippen LogP contribution < -0.4 is 10.6 Å². The molecule has 1 heterocycles. The molecule has 0 aliphatic carbocycles. The van der Waals surface area contributed by atoms with Crippen LogP contribution in [0.1, 0.15) is 26.7 Å². The van der Waals surface area contributed by atoms with Crippen molar-refractivity contribution in [3.8, 4) is 0 Å². The fourth-order valence-corrected chi connectivity index (χ4v) is 2.11. The van der Waals surface area contributed by atoms with Gasteiger partial charge in [-0.3, -0.25) is 15.0 Å². The second-order valence-corrected chi connectivity index (χ2v) is 5.10. The first-order valence-corrected chi connectivity index (χ1v) is 6.44. The van der Waals surface area contributed by atoms with Crippen LogP contribution in [-0.4, -0.2) is 54.2 Å². The highest BCUT2D eigenvalue weighted by molar-refractivity contribution is 5.95. The van der Waals surface area contributed by atoms with Gasteiger partial charge in [0.25, 0.3) is 0 Å². The highest BCUT2D eigenvalue weighted by atomic mass is 16.3. The van der Waals surface area contributed by atoms with Crippen LogP contribution in [0, 0.1) is 5.92 Å². The van der Waals surface area contributed by atoms with E-state index in [-0.39, 0.29) is 31.0 Å². The number of hydrogen-bond acceptors (Lipinski definition) is 4. The highest BCUT2D eigenvalue weighted by Crippen LogP contribution is 2.14. The van der Waals surface area contributed by atoms with Crippen molar-refractivity contribution in [1.29, 1.82) is 0 Å². The SMILES string of the molecule is CC(C)NC(=O)NC(=O)CN1CCCC(CO)C1. The Balaban J connectivity index is 2.29. The van der Waals surface area contributed by atoms with Gasteiger partial charge in [-0.05, 0) is 39.2 Å². The van der Waals surface area contributed by atoms with E-state index in [1.807, 2.05) is 18.7 Å². The molecule has 3 amide bonds. The third kappa shape index (κ3) is 5.46. The number of aliphatic hydroxyl groups is 1. The zero-order valence-electron chi connectivity index (χ0n) is 11.1. The van der Waals surface area contributed by atoms with Gasteiger partial charge >= 0.3 is 6.03 Å². The Morgan fingerprint density at radius 3 is 2.78 bits per heavy atom. The number of imide groups is 1. The number of hydrogen-bond donors (Lipinski definition) is 3. The van der Waals surface area contributed by atoms with Gasteiger partial charge in [-0.2, -0.15) is 0 Å². The number of likely N-dealkylation sites (tertiary alicyclic amines) is 1. The molecule has 0 saturated carbocycles. The van der Waals surface area contributed by atoms with Crippen molar-refractivity contribution in [1.82, 2.24) is 15.5 Å².